The predicted octanol–water partition coefficient (Wildman–Crippen LogP) is 3.52. The molecular weight excluding hydrogens is 402 g/mol. The quantitative estimate of drug-likeness (QED) is 0.429. The van der Waals surface area contributed by atoms with Gasteiger partial charge >= 0.3 is 11.9 Å². The summed E-state index contributed by atoms with van der Waals surface area (Å²) in [7, 11) is 0. The Bertz CT molecular complexity index is 998. The van der Waals surface area contributed by atoms with Crippen molar-refractivity contribution >= 4 is 45.4 Å². The van der Waals surface area contributed by atoms with Crippen LogP contribution in [0.5, 0.6) is 0 Å². The largest absolute Gasteiger partial charge is 0.391 e. The third-order valence-electron chi connectivity index (χ3n) is 5.60. The number of rotatable bonds is 6. The topological polar surface area (TPSA) is 89.5 Å². The summed E-state index contributed by atoms with van der Waals surface area (Å²) in [5, 5.41) is 3.87. The van der Waals surface area contributed by atoms with Gasteiger partial charge in [-0.3, -0.25) is 14.4 Å². The van der Waals surface area contributed by atoms with Crippen LogP contribution < -0.4 is 5.32 Å². The molecule has 1 saturated heterocycles. The summed E-state index contributed by atoms with van der Waals surface area (Å²) in [6.45, 7) is 5.13. The molecule has 1 aliphatic heterocycles. The van der Waals surface area contributed by atoms with Gasteiger partial charge in [0.25, 0.3) is 0 Å². The van der Waals surface area contributed by atoms with Gasteiger partial charge in [-0.2, -0.15) is 0 Å². The van der Waals surface area contributed by atoms with E-state index in [9.17, 15) is 19.2 Å². The van der Waals surface area contributed by atoms with Crippen LogP contribution in [0.1, 0.15) is 44.0 Å². The SMILES string of the molecule is CC(=O)SC(C)C(C)(C(=O)OC(=O)[C@@H]1CCCN1)C(=O)c1ccc2ccccc2c1. The predicted molar refractivity (Wildman–Crippen MR) is 116 cm³/mol. The van der Waals surface area contributed by atoms with E-state index in [0.717, 1.165) is 29.0 Å². The second kappa shape index (κ2) is 9.10. The molecule has 0 amide bonds. The van der Waals surface area contributed by atoms with Gasteiger partial charge in [-0.15, -0.1) is 0 Å². The standard InChI is InChI=1S/C23H25NO5S/c1-14(30-15(2)25)23(3,22(28)29-21(27)19-9-6-12-24-19)20(26)18-11-10-16-7-4-5-8-17(16)13-18/h4-5,7-8,10-11,13-14,19,24H,6,9,12H2,1-3H3/t14?,19-,23?/m0/s1. The molecule has 1 N–H and O–H groups in total. The molecule has 0 bridgehead atoms. The molecule has 30 heavy (non-hydrogen) atoms. The molecule has 6 nitrogen and oxygen atoms in total. The Labute approximate surface area is 179 Å². The molecule has 158 valence electrons. The first-order chi connectivity index (χ1) is 14.2. The zero-order valence-electron chi connectivity index (χ0n) is 17.3. The minimum absolute atomic E-state index is 0.225. The monoisotopic (exact) mass is 427 g/mol. The number of carbonyl (C=O) groups is 4. The molecule has 0 saturated carbocycles. The fourth-order valence-electron chi connectivity index (χ4n) is 3.59. The number of ketones is 1. The Morgan fingerprint density at radius 2 is 1.83 bits per heavy atom. The van der Waals surface area contributed by atoms with Crippen LogP contribution >= 0.6 is 11.8 Å². The molecule has 0 aliphatic carbocycles. The Kier molecular flexibility index (Phi) is 6.73. The van der Waals surface area contributed by atoms with E-state index < -0.39 is 34.4 Å². The molecule has 3 atom stereocenters. The highest BCUT2D eigenvalue weighted by Gasteiger charge is 2.49. The van der Waals surface area contributed by atoms with Crippen LogP contribution in [0.2, 0.25) is 0 Å². The minimum Gasteiger partial charge on any atom is -0.391 e. The van der Waals surface area contributed by atoms with Crippen LogP contribution in [0.25, 0.3) is 10.8 Å². The van der Waals surface area contributed by atoms with Crippen molar-refractivity contribution in [3.05, 3.63) is 48.0 Å². The molecule has 1 fully saturated rings. The maximum atomic E-state index is 13.5. The molecule has 2 unspecified atom stereocenters. The number of esters is 2. The molecule has 2 aromatic rings. The summed E-state index contributed by atoms with van der Waals surface area (Å²) in [5.41, 5.74) is -1.37. The van der Waals surface area contributed by atoms with Gasteiger partial charge in [0.1, 0.15) is 11.5 Å². The lowest BCUT2D eigenvalue weighted by Gasteiger charge is -2.31. The van der Waals surface area contributed by atoms with Crippen molar-refractivity contribution in [1.29, 1.82) is 0 Å². The fraction of sp³-hybridized carbons (Fsp3) is 0.391. The van der Waals surface area contributed by atoms with Crippen LogP contribution in [0.15, 0.2) is 42.5 Å². The van der Waals surface area contributed by atoms with Crippen molar-refractivity contribution in [1.82, 2.24) is 5.32 Å². The van der Waals surface area contributed by atoms with E-state index in [4.69, 9.17) is 4.74 Å². The number of hydrogen-bond acceptors (Lipinski definition) is 7. The van der Waals surface area contributed by atoms with E-state index in [1.54, 1.807) is 19.1 Å². The molecule has 3 rings (SSSR count). The number of ether oxygens (including phenoxy) is 1. The van der Waals surface area contributed by atoms with Crippen LogP contribution in [-0.4, -0.2) is 40.7 Å². The summed E-state index contributed by atoms with van der Waals surface area (Å²) in [6.07, 6.45) is 1.40. The van der Waals surface area contributed by atoms with E-state index in [1.807, 2.05) is 30.3 Å². The van der Waals surface area contributed by atoms with Gasteiger partial charge in [0.05, 0.1) is 0 Å². The third kappa shape index (κ3) is 4.47. The van der Waals surface area contributed by atoms with Crippen LogP contribution in [0, 0.1) is 5.41 Å². The van der Waals surface area contributed by atoms with Crippen LogP contribution in [-0.2, 0) is 19.1 Å². The molecule has 0 radical (unpaired) electrons. The van der Waals surface area contributed by atoms with Gasteiger partial charge in [-0.25, -0.2) is 4.79 Å². The molecule has 0 spiro atoms. The molecule has 1 heterocycles. The molecule has 2 aromatic carbocycles. The van der Waals surface area contributed by atoms with Crippen molar-refractivity contribution in [2.45, 2.75) is 44.9 Å². The number of carbonyl (C=O) groups excluding carboxylic acids is 4. The van der Waals surface area contributed by atoms with Gasteiger partial charge in [-0.05, 0) is 43.1 Å². The zero-order valence-corrected chi connectivity index (χ0v) is 18.1. The lowest BCUT2D eigenvalue weighted by molar-refractivity contribution is -0.165. The Morgan fingerprint density at radius 3 is 2.47 bits per heavy atom. The number of hydrogen-bond donors (Lipinski definition) is 1. The minimum atomic E-state index is -1.70. The number of Topliss-reactive ketones (excluding diaryl/α,β-unsaturated/α-hetero) is 1. The van der Waals surface area contributed by atoms with Gasteiger partial charge < -0.3 is 10.1 Å². The van der Waals surface area contributed by atoms with Crippen molar-refractivity contribution in [2.75, 3.05) is 6.54 Å². The van der Waals surface area contributed by atoms with E-state index in [0.29, 0.717) is 18.5 Å². The lowest BCUT2D eigenvalue weighted by Crippen LogP contribution is -2.47. The van der Waals surface area contributed by atoms with Gasteiger partial charge in [-0.1, -0.05) is 55.1 Å². The highest BCUT2D eigenvalue weighted by atomic mass is 32.2. The van der Waals surface area contributed by atoms with E-state index in [2.05, 4.69) is 5.32 Å². The van der Waals surface area contributed by atoms with E-state index in [-0.39, 0.29) is 5.12 Å². The second-order valence-electron chi connectivity index (χ2n) is 7.70. The van der Waals surface area contributed by atoms with Crippen LogP contribution in [0.3, 0.4) is 0 Å². The fourth-order valence-corrected chi connectivity index (χ4v) is 4.53. The van der Waals surface area contributed by atoms with Crippen LogP contribution in [0.4, 0.5) is 0 Å². The van der Waals surface area contributed by atoms with Gasteiger partial charge in [0, 0.05) is 17.7 Å². The third-order valence-corrected chi connectivity index (χ3v) is 6.76. The highest BCUT2D eigenvalue weighted by Crippen LogP contribution is 2.37. The Balaban J connectivity index is 1.94. The van der Waals surface area contributed by atoms with Crippen molar-refractivity contribution in [3.63, 3.8) is 0 Å². The number of nitrogens with one attached hydrogen (secondary N) is 1. The smallest absolute Gasteiger partial charge is 0.330 e. The Morgan fingerprint density at radius 1 is 1.13 bits per heavy atom. The number of benzene rings is 2. The van der Waals surface area contributed by atoms with Crippen molar-refractivity contribution < 1.29 is 23.9 Å². The van der Waals surface area contributed by atoms with Crippen molar-refractivity contribution in [3.8, 4) is 0 Å². The molecule has 7 heteroatoms. The number of thioether (sulfide) groups is 1. The maximum absolute atomic E-state index is 13.5. The summed E-state index contributed by atoms with van der Waals surface area (Å²) in [5.74, 6) is -2.10. The molecular formula is C23H25NO5S. The summed E-state index contributed by atoms with van der Waals surface area (Å²) in [6, 6.07) is 12.2. The molecule has 1 aliphatic rings. The first-order valence-corrected chi connectivity index (χ1v) is 10.8. The lowest BCUT2D eigenvalue weighted by atomic mass is 9.79. The van der Waals surface area contributed by atoms with Gasteiger partial charge in [0.15, 0.2) is 10.9 Å². The second-order valence-corrected chi connectivity index (χ2v) is 9.22. The van der Waals surface area contributed by atoms with E-state index in [1.165, 1.54) is 13.8 Å². The Hall–Kier alpha value is -2.51. The summed E-state index contributed by atoms with van der Waals surface area (Å²) < 4.78 is 5.15. The van der Waals surface area contributed by atoms with Crippen molar-refractivity contribution in [2.24, 2.45) is 5.41 Å². The summed E-state index contributed by atoms with van der Waals surface area (Å²) >= 11 is 0.888. The zero-order chi connectivity index (χ0) is 21.9. The summed E-state index contributed by atoms with van der Waals surface area (Å²) in [4.78, 5) is 50.7. The first-order valence-electron chi connectivity index (χ1n) is 9.94. The normalized spacial score (nSPS) is 19.1. The van der Waals surface area contributed by atoms with Gasteiger partial charge in [0.2, 0.25) is 0 Å². The maximum Gasteiger partial charge on any atom is 0.330 e. The first kappa shape index (κ1) is 22.2. The van der Waals surface area contributed by atoms with E-state index >= 15 is 0 Å². The number of fused-ring (bicyclic) bond motifs is 1. The average Bonchev–Trinajstić information content (AvgIpc) is 3.26. The average molecular weight is 428 g/mol. The highest BCUT2D eigenvalue weighted by molar-refractivity contribution is 8.14. The molecule has 0 aromatic heterocycles.